The molecule has 4 heteroatoms. The van der Waals surface area contributed by atoms with Gasteiger partial charge in [-0.3, -0.25) is 0 Å². The molecule has 15 heavy (non-hydrogen) atoms. The molecule has 1 unspecified atom stereocenters. The standard InChI is InChI=1S/C11H13Cl2NO/c12-9-1-2-10(13)8(5-9)6-11(15)3-4-14-7-11/h1-2,5,14-15H,3-4,6-7H2. The van der Waals surface area contributed by atoms with Crippen LogP contribution < -0.4 is 5.32 Å². The Bertz CT molecular complexity index is 362. The van der Waals surface area contributed by atoms with E-state index in [1.807, 2.05) is 6.07 Å². The molecule has 0 saturated carbocycles. The monoisotopic (exact) mass is 245 g/mol. The number of benzene rings is 1. The second-order valence-electron chi connectivity index (χ2n) is 4.06. The third-order valence-electron chi connectivity index (χ3n) is 2.75. The van der Waals surface area contributed by atoms with Crippen LogP contribution in [0, 0.1) is 0 Å². The van der Waals surface area contributed by atoms with Crippen LogP contribution in [0.3, 0.4) is 0 Å². The average Bonchev–Trinajstić information content (AvgIpc) is 2.59. The molecule has 0 amide bonds. The summed E-state index contributed by atoms with van der Waals surface area (Å²) in [7, 11) is 0. The average molecular weight is 246 g/mol. The van der Waals surface area contributed by atoms with E-state index in [9.17, 15) is 5.11 Å². The molecule has 0 radical (unpaired) electrons. The molecule has 1 atom stereocenters. The van der Waals surface area contributed by atoms with Gasteiger partial charge in [0.05, 0.1) is 5.60 Å². The minimum atomic E-state index is -0.672. The van der Waals surface area contributed by atoms with E-state index in [0.29, 0.717) is 23.0 Å². The lowest BCUT2D eigenvalue weighted by atomic mass is 9.94. The zero-order chi connectivity index (χ0) is 10.9. The molecule has 2 nitrogen and oxygen atoms in total. The van der Waals surface area contributed by atoms with Crippen LogP contribution in [0.15, 0.2) is 18.2 Å². The number of β-amino-alcohol motifs (C(OH)–C–C–N with tert-alkyl or cyclic N) is 1. The highest BCUT2D eigenvalue weighted by Crippen LogP contribution is 2.27. The van der Waals surface area contributed by atoms with Crippen molar-refractivity contribution in [2.45, 2.75) is 18.4 Å². The normalized spacial score (nSPS) is 25.8. The van der Waals surface area contributed by atoms with Gasteiger partial charge >= 0.3 is 0 Å². The van der Waals surface area contributed by atoms with Gasteiger partial charge in [0.1, 0.15) is 0 Å². The summed E-state index contributed by atoms with van der Waals surface area (Å²) in [5, 5.41) is 14.7. The van der Waals surface area contributed by atoms with Gasteiger partial charge in [0.2, 0.25) is 0 Å². The lowest BCUT2D eigenvalue weighted by Crippen LogP contribution is -2.33. The molecular weight excluding hydrogens is 233 g/mol. The van der Waals surface area contributed by atoms with Crippen LogP contribution in [0.5, 0.6) is 0 Å². The van der Waals surface area contributed by atoms with E-state index in [4.69, 9.17) is 23.2 Å². The van der Waals surface area contributed by atoms with Crippen LogP contribution in [0.4, 0.5) is 0 Å². The molecule has 1 saturated heterocycles. The Labute approximate surface area is 99.2 Å². The maximum Gasteiger partial charge on any atom is 0.0824 e. The first-order valence-corrected chi connectivity index (χ1v) is 5.72. The summed E-state index contributed by atoms with van der Waals surface area (Å²) in [6, 6.07) is 5.34. The molecular formula is C11H13Cl2NO. The van der Waals surface area contributed by atoms with E-state index in [-0.39, 0.29) is 0 Å². The molecule has 82 valence electrons. The summed E-state index contributed by atoms with van der Waals surface area (Å²) < 4.78 is 0. The minimum absolute atomic E-state index is 0.555. The maximum absolute atomic E-state index is 10.2. The fourth-order valence-corrected chi connectivity index (χ4v) is 2.29. The summed E-state index contributed by atoms with van der Waals surface area (Å²) in [4.78, 5) is 0. The Morgan fingerprint density at radius 1 is 1.40 bits per heavy atom. The minimum Gasteiger partial charge on any atom is -0.388 e. The highest BCUT2D eigenvalue weighted by Gasteiger charge is 2.31. The predicted molar refractivity (Wildman–Crippen MR) is 62.6 cm³/mol. The van der Waals surface area contributed by atoms with Crippen molar-refractivity contribution in [2.75, 3.05) is 13.1 Å². The van der Waals surface area contributed by atoms with Crippen LogP contribution in [0.25, 0.3) is 0 Å². The molecule has 1 aliphatic rings. The Hall–Kier alpha value is -0.280. The van der Waals surface area contributed by atoms with Gasteiger partial charge in [-0.05, 0) is 36.7 Å². The zero-order valence-electron chi connectivity index (χ0n) is 8.26. The number of halogens is 2. The summed E-state index contributed by atoms with van der Waals surface area (Å²) in [5.74, 6) is 0. The number of hydrogen-bond acceptors (Lipinski definition) is 2. The van der Waals surface area contributed by atoms with Crippen molar-refractivity contribution in [1.82, 2.24) is 5.32 Å². The van der Waals surface area contributed by atoms with E-state index in [2.05, 4.69) is 5.32 Å². The Morgan fingerprint density at radius 3 is 2.87 bits per heavy atom. The second-order valence-corrected chi connectivity index (χ2v) is 4.91. The molecule has 1 aromatic rings. The Balaban J connectivity index is 2.19. The van der Waals surface area contributed by atoms with Gasteiger partial charge in [0, 0.05) is 23.0 Å². The van der Waals surface area contributed by atoms with Gasteiger partial charge in [-0.2, -0.15) is 0 Å². The molecule has 1 heterocycles. The molecule has 0 spiro atoms. The van der Waals surface area contributed by atoms with Crippen molar-refractivity contribution in [3.05, 3.63) is 33.8 Å². The van der Waals surface area contributed by atoms with E-state index in [1.165, 1.54) is 0 Å². The molecule has 0 aliphatic carbocycles. The van der Waals surface area contributed by atoms with Crippen LogP contribution in [-0.4, -0.2) is 23.8 Å². The molecule has 2 rings (SSSR count). The van der Waals surface area contributed by atoms with Crippen molar-refractivity contribution in [1.29, 1.82) is 0 Å². The highest BCUT2D eigenvalue weighted by atomic mass is 35.5. The van der Waals surface area contributed by atoms with Gasteiger partial charge < -0.3 is 10.4 Å². The van der Waals surface area contributed by atoms with Gasteiger partial charge in [-0.25, -0.2) is 0 Å². The molecule has 1 aliphatic heterocycles. The van der Waals surface area contributed by atoms with Crippen molar-refractivity contribution in [2.24, 2.45) is 0 Å². The number of aliphatic hydroxyl groups is 1. The number of rotatable bonds is 2. The van der Waals surface area contributed by atoms with E-state index in [1.54, 1.807) is 12.1 Å². The van der Waals surface area contributed by atoms with Crippen LogP contribution in [0.1, 0.15) is 12.0 Å². The fraction of sp³-hybridized carbons (Fsp3) is 0.455. The smallest absolute Gasteiger partial charge is 0.0824 e. The maximum atomic E-state index is 10.2. The number of nitrogens with one attached hydrogen (secondary N) is 1. The largest absolute Gasteiger partial charge is 0.388 e. The van der Waals surface area contributed by atoms with Gasteiger partial charge in [-0.15, -0.1) is 0 Å². The third-order valence-corrected chi connectivity index (χ3v) is 3.35. The van der Waals surface area contributed by atoms with Crippen LogP contribution in [0.2, 0.25) is 10.0 Å². The van der Waals surface area contributed by atoms with E-state index >= 15 is 0 Å². The molecule has 1 fully saturated rings. The first-order chi connectivity index (χ1) is 7.09. The topological polar surface area (TPSA) is 32.3 Å². The summed E-state index contributed by atoms with van der Waals surface area (Å²) in [6.07, 6.45) is 1.31. The van der Waals surface area contributed by atoms with Crippen molar-refractivity contribution >= 4 is 23.2 Å². The van der Waals surface area contributed by atoms with Gasteiger partial charge in [0.15, 0.2) is 0 Å². The number of hydrogen-bond donors (Lipinski definition) is 2. The SMILES string of the molecule is OC1(Cc2cc(Cl)ccc2Cl)CCNC1. The molecule has 2 N–H and O–H groups in total. The second kappa shape index (κ2) is 4.30. The Kier molecular flexibility index (Phi) is 3.21. The van der Waals surface area contributed by atoms with E-state index < -0.39 is 5.60 Å². The molecule has 0 bridgehead atoms. The van der Waals surface area contributed by atoms with Gasteiger partial charge in [-0.1, -0.05) is 23.2 Å². The summed E-state index contributed by atoms with van der Waals surface area (Å²) in [5.41, 5.74) is 0.240. The zero-order valence-corrected chi connectivity index (χ0v) is 9.78. The third kappa shape index (κ3) is 2.64. The van der Waals surface area contributed by atoms with Gasteiger partial charge in [0.25, 0.3) is 0 Å². The van der Waals surface area contributed by atoms with Crippen molar-refractivity contribution in [3.63, 3.8) is 0 Å². The van der Waals surface area contributed by atoms with Crippen molar-refractivity contribution in [3.8, 4) is 0 Å². The van der Waals surface area contributed by atoms with E-state index in [0.717, 1.165) is 18.5 Å². The molecule has 1 aromatic carbocycles. The van der Waals surface area contributed by atoms with Crippen LogP contribution >= 0.6 is 23.2 Å². The first kappa shape index (κ1) is 11.2. The van der Waals surface area contributed by atoms with Crippen molar-refractivity contribution < 1.29 is 5.11 Å². The lowest BCUT2D eigenvalue weighted by molar-refractivity contribution is 0.0619. The molecule has 0 aromatic heterocycles. The first-order valence-electron chi connectivity index (χ1n) is 4.96. The lowest BCUT2D eigenvalue weighted by Gasteiger charge is -2.21. The summed E-state index contributed by atoms with van der Waals surface area (Å²) in [6.45, 7) is 1.48. The predicted octanol–water partition coefficient (Wildman–Crippen LogP) is 2.26. The Morgan fingerprint density at radius 2 is 2.20 bits per heavy atom. The highest BCUT2D eigenvalue weighted by molar-refractivity contribution is 6.33. The fourth-order valence-electron chi connectivity index (χ4n) is 1.91. The quantitative estimate of drug-likeness (QED) is 0.838. The van der Waals surface area contributed by atoms with Crippen LogP contribution in [-0.2, 0) is 6.42 Å². The summed E-state index contributed by atoms with van der Waals surface area (Å²) >= 11 is 11.9.